The predicted molar refractivity (Wildman–Crippen MR) is 174 cm³/mol. The molecule has 1 heterocycles. The van der Waals surface area contributed by atoms with Crippen LogP contribution in [0.15, 0.2) is 109 Å². The van der Waals surface area contributed by atoms with E-state index in [0.29, 0.717) is 41.6 Å². The fourth-order valence-corrected chi connectivity index (χ4v) is 5.41. The average Bonchev–Trinajstić information content (AvgIpc) is 3.04. The maximum atomic E-state index is 12.9. The number of aromatic nitrogens is 1. The second-order valence-corrected chi connectivity index (χ2v) is 11.4. The van der Waals surface area contributed by atoms with E-state index in [0.717, 1.165) is 27.6 Å². The smallest absolute Gasteiger partial charge is 0.258 e. The minimum absolute atomic E-state index is 0.0909. The normalized spacial score (nSPS) is 12.7. The maximum Gasteiger partial charge on any atom is 0.258 e. The van der Waals surface area contributed by atoms with Gasteiger partial charge in [-0.15, -0.1) is 0 Å². The number of amides is 1. The van der Waals surface area contributed by atoms with E-state index in [-0.39, 0.29) is 18.6 Å². The van der Waals surface area contributed by atoms with Crippen molar-refractivity contribution >= 4 is 28.4 Å². The van der Waals surface area contributed by atoms with Crippen molar-refractivity contribution in [1.29, 1.82) is 0 Å². The largest absolute Gasteiger partial charge is 0.456 e. The maximum absolute atomic E-state index is 12.9. The first-order valence-electron chi connectivity index (χ1n) is 14.5. The number of fused-ring (bicyclic) bond motifs is 1. The number of para-hydroxylation sites is 1. The highest BCUT2D eigenvalue weighted by atomic mass is 35.5. The Morgan fingerprint density at radius 3 is 2.34 bits per heavy atom. The van der Waals surface area contributed by atoms with Gasteiger partial charge in [0, 0.05) is 49.8 Å². The van der Waals surface area contributed by atoms with Gasteiger partial charge in [-0.1, -0.05) is 78.3 Å². The molecule has 1 amide bonds. The van der Waals surface area contributed by atoms with Crippen LogP contribution in [0.25, 0.3) is 10.9 Å². The van der Waals surface area contributed by atoms with Crippen LogP contribution in [0.3, 0.4) is 0 Å². The Balaban J connectivity index is 1.37. The molecule has 2 N–H and O–H groups in total. The zero-order valence-corrected chi connectivity index (χ0v) is 25.6. The van der Waals surface area contributed by atoms with Crippen LogP contribution in [0.2, 0.25) is 5.02 Å². The number of rotatable bonds is 12. The molecule has 0 aliphatic heterocycles. The number of hydrogen-bond donors (Lipinski definition) is 2. The molecule has 0 saturated carbocycles. The summed E-state index contributed by atoms with van der Waals surface area (Å²) < 4.78 is 6.33. The van der Waals surface area contributed by atoms with Crippen molar-refractivity contribution in [2.24, 2.45) is 0 Å². The van der Waals surface area contributed by atoms with Gasteiger partial charge in [0.2, 0.25) is 0 Å². The minimum Gasteiger partial charge on any atom is -0.456 e. The van der Waals surface area contributed by atoms with E-state index in [1.54, 1.807) is 32.4 Å². The molecule has 0 unspecified atom stereocenters. The number of halogens is 1. The number of hydrogen-bond acceptors (Lipinski definition) is 6. The standard InChI is InChI=1S/C36H36ClN3O4/c1-39(2)36(43)32-21-38-33-14-7-6-13-31(33)35(32)44-30-17-15-25(16-18-30)19-29(24-41)40(22-26-9-4-3-5-10-26)23-34(42)27-11-8-12-28(37)20-27/h3-18,20-21,29,34,41-42H,19,22-24H2,1-2H3/t29-,34+/m0/s1. The van der Waals surface area contributed by atoms with E-state index < -0.39 is 6.10 Å². The Morgan fingerprint density at radius 1 is 0.909 bits per heavy atom. The second kappa shape index (κ2) is 14.5. The molecule has 2 atom stereocenters. The molecule has 44 heavy (non-hydrogen) atoms. The summed E-state index contributed by atoms with van der Waals surface area (Å²) in [5, 5.41) is 23.0. The highest BCUT2D eigenvalue weighted by Gasteiger charge is 2.23. The Kier molecular flexibility index (Phi) is 10.2. The third-order valence-electron chi connectivity index (χ3n) is 7.57. The molecular formula is C36H36ClN3O4. The number of nitrogens with zero attached hydrogens (tertiary/aromatic N) is 3. The summed E-state index contributed by atoms with van der Waals surface area (Å²) in [5.74, 6) is 0.842. The number of carbonyl (C=O) groups excluding carboxylic acids is 1. The van der Waals surface area contributed by atoms with Gasteiger partial charge in [0.05, 0.1) is 18.2 Å². The third-order valence-corrected chi connectivity index (χ3v) is 7.81. The van der Waals surface area contributed by atoms with Crippen molar-refractivity contribution in [3.05, 3.63) is 137 Å². The summed E-state index contributed by atoms with van der Waals surface area (Å²) in [6.07, 6.45) is 1.32. The Hall–Kier alpha value is -4.27. The van der Waals surface area contributed by atoms with Crippen LogP contribution in [0.5, 0.6) is 11.5 Å². The Labute approximate surface area is 262 Å². The summed E-state index contributed by atoms with van der Waals surface area (Å²) in [7, 11) is 3.39. The molecule has 0 saturated heterocycles. The van der Waals surface area contributed by atoms with Gasteiger partial charge >= 0.3 is 0 Å². The fraction of sp³-hybridized carbons (Fsp3) is 0.222. The summed E-state index contributed by atoms with van der Waals surface area (Å²) in [6, 6.07) is 32.2. The van der Waals surface area contributed by atoms with Crippen molar-refractivity contribution in [2.75, 3.05) is 27.2 Å². The van der Waals surface area contributed by atoms with Crippen molar-refractivity contribution in [3.8, 4) is 11.5 Å². The van der Waals surface area contributed by atoms with Crippen molar-refractivity contribution in [1.82, 2.24) is 14.8 Å². The summed E-state index contributed by atoms with van der Waals surface area (Å²) in [4.78, 5) is 21.0. The van der Waals surface area contributed by atoms with Crippen LogP contribution in [-0.2, 0) is 13.0 Å². The first-order valence-corrected chi connectivity index (χ1v) is 14.9. The van der Waals surface area contributed by atoms with Gasteiger partial charge in [-0.25, -0.2) is 0 Å². The quantitative estimate of drug-likeness (QED) is 0.167. The van der Waals surface area contributed by atoms with Gasteiger partial charge in [-0.05, 0) is 59.5 Å². The molecule has 226 valence electrons. The van der Waals surface area contributed by atoms with E-state index >= 15 is 0 Å². The van der Waals surface area contributed by atoms with Crippen molar-refractivity contribution in [3.63, 3.8) is 0 Å². The molecule has 4 aromatic carbocycles. The van der Waals surface area contributed by atoms with Crippen LogP contribution in [0, 0.1) is 0 Å². The zero-order chi connectivity index (χ0) is 31.1. The minimum atomic E-state index is -0.781. The molecule has 8 heteroatoms. The molecular weight excluding hydrogens is 574 g/mol. The SMILES string of the molecule is CN(C)C(=O)c1cnc2ccccc2c1Oc1ccc(C[C@@H](CO)N(Cc2ccccc2)C[C@@H](O)c2cccc(Cl)c2)cc1. The zero-order valence-electron chi connectivity index (χ0n) is 24.8. The molecule has 1 aromatic heterocycles. The third kappa shape index (κ3) is 7.62. The lowest BCUT2D eigenvalue weighted by atomic mass is 10.0. The summed E-state index contributed by atoms with van der Waals surface area (Å²) in [5.41, 5.74) is 3.92. The molecule has 0 fully saturated rings. The highest BCUT2D eigenvalue weighted by Crippen LogP contribution is 2.33. The van der Waals surface area contributed by atoms with Crippen LogP contribution in [0.1, 0.15) is 33.2 Å². The number of ether oxygens (including phenoxy) is 1. The van der Waals surface area contributed by atoms with Gasteiger partial charge in [0.15, 0.2) is 5.75 Å². The van der Waals surface area contributed by atoms with Crippen LogP contribution in [-0.4, -0.2) is 64.2 Å². The first kappa shape index (κ1) is 31.2. The van der Waals surface area contributed by atoms with E-state index in [2.05, 4.69) is 9.88 Å². The van der Waals surface area contributed by atoms with Gasteiger partial charge in [0.1, 0.15) is 11.3 Å². The van der Waals surface area contributed by atoms with Gasteiger partial charge in [-0.2, -0.15) is 0 Å². The number of pyridine rings is 1. The van der Waals surface area contributed by atoms with Crippen LogP contribution >= 0.6 is 11.6 Å². The lowest BCUT2D eigenvalue weighted by molar-refractivity contribution is 0.0566. The van der Waals surface area contributed by atoms with E-state index in [4.69, 9.17) is 16.3 Å². The lowest BCUT2D eigenvalue weighted by Crippen LogP contribution is -2.41. The van der Waals surface area contributed by atoms with Crippen molar-refractivity contribution in [2.45, 2.75) is 25.1 Å². The molecule has 0 bridgehead atoms. The van der Waals surface area contributed by atoms with E-state index in [1.807, 2.05) is 91.0 Å². The van der Waals surface area contributed by atoms with Gasteiger partial charge in [0.25, 0.3) is 5.91 Å². The summed E-state index contributed by atoms with van der Waals surface area (Å²) >= 11 is 6.19. The Morgan fingerprint density at radius 2 is 1.64 bits per heavy atom. The molecule has 0 aliphatic rings. The van der Waals surface area contributed by atoms with Gasteiger partial charge in [-0.3, -0.25) is 14.7 Å². The molecule has 7 nitrogen and oxygen atoms in total. The Bertz CT molecular complexity index is 1700. The number of carbonyl (C=O) groups is 1. The van der Waals surface area contributed by atoms with E-state index in [1.165, 1.54) is 4.90 Å². The topological polar surface area (TPSA) is 86.1 Å². The lowest BCUT2D eigenvalue weighted by Gasteiger charge is -2.32. The average molecular weight is 610 g/mol. The summed E-state index contributed by atoms with van der Waals surface area (Å²) in [6.45, 7) is 0.786. The second-order valence-electron chi connectivity index (χ2n) is 11.0. The highest BCUT2D eigenvalue weighted by molar-refractivity contribution is 6.30. The number of aliphatic hydroxyl groups excluding tert-OH is 2. The molecule has 0 spiro atoms. The van der Waals surface area contributed by atoms with Crippen molar-refractivity contribution < 1.29 is 19.7 Å². The molecule has 0 radical (unpaired) electrons. The number of aliphatic hydroxyl groups is 2. The van der Waals surface area contributed by atoms with Crippen LogP contribution < -0.4 is 4.74 Å². The fourth-order valence-electron chi connectivity index (χ4n) is 5.21. The predicted octanol–water partition coefficient (Wildman–Crippen LogP) is 6.52. The molecule has 5 aromatic rings. The first-order chi connectivity index (χ1) is 21.3. The van der Waals surface area contributed by atoms with Gasteiger partial charge < -0.3 is 19.8 Å². The monoisotopic (exact) mass is 609 g/mol. The molecule has 5 rings (SSSR count). The number of benzene rings is 4. The van der Waals surface area contributed by atoms with E-state index in [9.17, 15) is 15.0 Å². The molecule has 0 aliphatic carbocycles. The van der Waals surface area contributed by atoms with Crippen LogP contribution in [0.4, 0.5) is 0 Å².